The number of nitrogens with zero attached hydrogens (tertiary/aromatic N) is 1. The molecule has 2 aromatic carbocycles. The Morgan fingerprint density at radius 1 is 0.892 bits per heavy atom. The maximum Gasteiger partial charge on any atom is 0.338 e. The van der Waals surface area contributed by atoms with Crippen LogP contribution in [0.5, 0.6) is 0 Å². The molecule has 1 N–H and O–H groups in total. The molecule has 0 fully saturated rings. The van der Waals surface area contributed by atoms with E-state index in [9.17, 15) is 24.0 Å². The molecule has 0 bridgehead atoms. The lowest BCUT2D eigenvalue weighted by Gasteiger charge is -2.20. The molecule has 13 heteroatoms. The molecule has 1 heterocycles. The molecule has 1 aliphatic heterocycles. The molecule has 1 atom stereocenters. The first-order valence-electron chi connectivity index (χ1n) is 11.0. The van der Waals surface area contributed by atoms with E-state index in [2.05, 4.69) is 5.32 Å². The number of nitrogens with one attached hydrogen (secondary N) is 1. The average molecular weight is 590 g/mol. The number of amides is 3. The number of esters is 2. The summed E-state index contributed by atoms with van der Waals surface area (Å²) in [6.45, 7) is 2.84. The van der Waals surface area contributed by atoms with Crippen LogP contribution in [-0.2, 0) is 19.1 Å². The number of anilines is 1. The van der Waals surface area contributed by atoms with Crippen LogP contribution in [0, 0.1) is 0 Å². The highest BCUT2D eigenvalue weighted by atomic mass is 35.5. The SMILES string of the molecule is CCCCOC(=O)c1ccc(NC(=O)COC(=O)[C@H](C)N2C(=O)c3c(Cl)c(Cl)c(Cl)c(Cl)c3C2=O)cc1. The van der Waals surface area contributed by atoms with Gasteiger partial charge < -0.3 is 14.8 Å². The van der Waals surface area contributed by atoms with Crippen molar-refractivity contribution >= 4 is 81.8 Å². The van der Waals surface area contributed by atoms with Crippen LogP contribution in [-0.4, -0.2) is 53.8 Å². The van der Waals surface area contributed by atoms with E-state index in [-0.39, 0.29) is 31.2 Å². The lowest BCUT2D eigenvalue weighted by molar-refractivity contribution is -0.150. The van der Waals surface area contributed by atoms with E-state index in [0.717, 1.165) is 12.8 Å². The monoisotopic (exact) mass is 588 g/mol. The molecule has 3 amide bonds. The van der Waals surface area contributed by atoms with Gasteiger partial charge in [-0.15, -0.1) is 0 Å². The van der Waals surface area contributed by atoms with Gasteiger partial charge >= 0.3 is 11.9 Å². The lowest BCUT2D eigenvalue weighted by Crippen LogP contribution is -2.44. The molecule has 0 aliphatic carbocycles. The van der Waals surface area contributed by atoms with E-state index in [4.69, 9.17) is 55.9 Å². The average Bonchev–Trinajstić information content (AvgIpc) is 3.14. The summed E-state index contributed by atoms with van der Waals surface area (Å²) in [6.07, 6.45) is 1.65. The van der Waals surface area contributed by atoms with E-state index < -0.39 is 42.3 Å². The summed E-state index contributed by atoms with van der Waals surface area (Å²) in [7, 11) is 0. The predicted molar refractivity (Wildman–Crippen MR) is 138 cm³/mol. The maximum atomic E-state index is 12.9. The Kier molecular flexibility index (Phi) is 9.41. The Morgan fingerprint density at radius 3 is 1.95 bits per heavy atom. The molecule has 0 saturated carbocycles. The Morgan fingerprint density at radius 2 is 1.43 bits per heavy atom. The van der Waals surface area contributed by atoms with Gasteiger partial charge in [-0.1, -0.05) is 59.7 Å². The molecule has 3 rings (SSSR count). The van der Waals surface area contributed by atoms with Crippen LogP contribution in [0.15, 0.2) is 24.3 Å². The first-order chi connectivity index (χ1) is 17.5. The van der Waals surface area contributed by atoms with Gasteiger partial charge in [-0.3, -0.25) is 19.3 Å². The number of hydrogen-bond acceptors (Lipinski definition) is 7. The van der Waals surface area contributed by atoms with Crippen molar-refractivity contribution in [2.75, 3.05) is 18.5 Å². The Labute approximate surface area is 231 Å². The van der Waals surface area contributed by atoms with Crippen LogP contribution in [0.1, 0.15) is 57.8 Å². The van der Waals surface area contributed by atoms with Crippen molar-refractivity contribution < 1.29 is 33.4 Å². The zero-order chi connectivity index (χ0) is 27.4. The van der Waals surface area contributed by atoms with E-state index in [0.29, 0.717) is 22.8 Å². The number of hydrogen-bond donors (Lipinski definition) is 1. The van der Waals surface area contributed by atoms with Crippen LogP contribution < -0.4 is 5.32 Å². The molecule has 37 heavy (non-hydrogen) atoms. The van der Waals surface area contributed by atoms with E-state index in [1.54, 1.807) is 0 Å². The summed E-state index contributed by atoms with van der Waals surface area (Å²) < 4.78 is 10.1. The second kappa shape index (κ2) is 12.1. The lowest BCUT2D eigenvalue weighted by atomic mass is 10.1. The largest absolute Gasteiger partial charge is 0.462 e. The van der Waals surface area contributed by atoms with Gasteiger partial charge in [0.25, 0.3) is 17.7 Å². The van der Waals surface area contributed by atoms with Crippen molar-refractivity contribution in [2.45, 2.75) is 32.7 Å². The molecule has 0 aromatic heterocycles. The van der Waals surface area contributed by atoms with Crippen molar-refractivity contribution in [1.82, 2.24) is 4.90 Å². The first kappa shape index (κ1) is 28.7. The zero-order valence-electron chi connectivity index (χ0n) is 19.5. The van der Waals surface area contributed by atoms with Gasteiger partial charge in [-0.2, -0.15) is 0 Å². The minimum atomic E-state index is -1.41. The fraction of sp³-hybridized carbons (Fsp3) is 0.292. The standard InChI is InChI=1S/C24H20Cl4N2O7/c1-3-4-9-36-24(35)12-5-7-13(8-6-12)29-14(31)10-37-23(34)11(2)30-21(32)15-16(22(30)33)18(26)20(28)19(27)17(15)25/h5-8,11H,3-4,9-10H2,1-2H3,(H,29,31)/t11-/m0/s1. The van der Waals surface area contributed by atoms with Crippen molar-refractivity contribution in [3.8, 4) is 0 Å². The van der Waals surface area contributed by atoms with E-state index in [1.165, 1.54) is 31.2 Å². The van der Waals surface area contributed by atoms with E-state index in [1.807, 2.05) is 6.92 Å². The molecule has 0 spiro atoms. The summed E-state index contributed by atoms with van der Waals surface area (Å²) in [5.41, 5.74) is 0.109. The molecule has 196 valence electrons. The second-order valence-electron chi connectivity index (χ2n) is 7.88. The predicted octanol–water partition coefficient (Wildman–Crippen LogP) is 5.42. The van der Waals surface area contributed by atoms with Gasteiger partial charge in [-0.05, 0) is 37.6 Å². The number of ether oxygens (including phenoxy) is 2. The van der Waals surface area contributed by atoms with Crippen molar-refractivity contribution in [2.24, 2.45) is 0 Å². The summed E-state index contributed by atoms with van der Waals surface area (Å²) in [4.78, 5) is 63.0. The van der Waals surface area contributed by atoms with Crippen molar-refractivity contribution in [3.05, 3.63) is 61.0 Å². The molecule has 9 nitrogen and oxygen atoms in total. The smallest absolute Gasteiger partial charge is 0.338 e. The van der Waals surface area contributed by atoms with Gasteiger partial charge in [-0.25, -0.2) is 9.59 Å². The third-order valence-corrected chi connectivity index (χ3v) is 7.14. The zero-order valence-corrected chi connectivity index (χ0v) is 22.6. The maximum absolute atomic E-state index is 12.9. The number of fused-ring (bicyclic) bond motifs is 1. The van der Waals surface area contributed by atoms with Gasteiger partial charge in [0.15, 0.2) is 6.61 Å². The van der Waals surface area contributed by atoms with Crippen LogP contribution >= 0.6 is 46.4 Å². The summed E-state index contributed by atoms with van der Waals surface area (Å²) in [6, 6.07) is 4.52. The summed E-state index contributed by atoms with van der Waals surface area (Å²) >= 11 is 24.1. The van der Waals surface area contributed by atoms with Crippen LogP contribution in [0.3, 0.4) is 0 Å². The molecule has 1 aliphatic rings. The molecule has 0 unspecified atom stereocenters. The molecule has 0 saturated heterocycles. The quantitative estimate of drug-likeness (QED) is 0.136. The number of rotatable bonds is 9. The highest BCUT2D eigenvalue weighted by Gasteiger charge is 2.45. The molecule has 2 aromatic rings. The number of imide groups is 1. The number of unbranched alkanes of at least 4 members (excludes halogenated alkanes) is 1. The van der Waals surface area contributed by atoms with Crippen molar-refractivity contribution in [3.63, 3.8) is 0 Å². The van der Waals surface area contributed by atoms with Gasteiger partial charge in [0.1, 0.15) is 6.04 Å². The first-order valence-corrected chi connectivity index (χ1v) is 12.5. The number of halogens is 4. The Hall–Kier alpha value is -2.85. The van der Waals surface area contributed by atoms with Crippen molar-refractivity contribution in [1.29, 1.82) is 0 Å². The molecular weight excluding hydrogens is 570 g/mol. The third-order valence-electron chi connectivity index (χ3n) is 5.34. The van der Waals surface area contributed by atoms with Gasteiger partial charge in [0.2, 0.25) is 0 Å². The minimum Gasteiger partial charge on any atom is -0.462 e. The minimum absolute atomic E-state index is 0.205. The van der Waals surface area contributed by atoms with Crippen LogP contribution in [0.4, 0.5) is 5.69 Å². The van der Waals surface area contributed by atoms with Crippen LogP contribution in [0.25, 0.3) is 0 Å². The van der Waals surface area contributed by atoms with Gasteiger partial charge in [0.05, 0.1) is 43.4 Å². The highest BCUT2D eigenvalue weighted by molar-refractivity contribution is 6.55. The summed E-state index contributed by atoms with van der Waals surface area (Å²) in [5.74, 6) is -4.01. The number of carbonyl (C=O) groups excluding carboxylic acids is 5. The van der Waals surface area contributed by atoms with E-state index >= 15 is 0 Å². The molecule has 0 radical (unpaired) electrons. The number of benzene rings is 2. The number of carbonyl (C=O) groups is 5. The fourth-order valence-corrected chi connectivity index (χ4v) is 4.37. The fourth-order valence-electron chi connectivity index (χ4n) is 3.36. The topological polar surface area (TPSA) is 119 Å². The highest BCUT2D eigenvalue weighted by Crippen LogP contribution is 2.45. The summed E-state index contributed by atoms with van der Waals surface area (Å²) in [5, 5.41) is 1.55. The second-order valence-corrected chi connectivity index (χ2v) is 9.40. The third kappa shape index (κ3) is 6.01. The molecular formula is C24H20Cl4N2O7. The van der Waals surface area contributed by atoms with Crippen LogP contribution in [0.2, 0.25) is 20.1 Å². The van der Waals surface area contributed by atoms with Gasteiger partial charge in [0, 0.05) is 5.69 Å². The Bertz CT molecular complexity index is 1230. The normalized spacial score (nSPS) is 13.3. The Balaban J connectivity index is 1.59.